The average molecular weight is 429 g/mol. The van der Waals surface area contributed by atoms with Crippen molar-refractivity contribution in [3.05, 3.63) is 11.6 Å². The lowest BCUT2D eigenvalue weighted by atomic mass is 9.37. The Morgan fingerprint density at radius 1 is 0.968 bits per heavy atom. The third-order valence-electron chi connectivity index (χ3n) is 12.0. The number of aliphatic hydroxyl groups excluding tert-OH is 1. The molecule has 178 valence electrons. The summed E-state index contributed by atoms with van der Waals surface area (Å²) in [5.74, 6) is 3.96. The van der Waals surface area contributed by atoms with Crippen LogP contribution in [0.3, 0.4) is 0 Å². The van der Waals surface area contributed by atoms with Crippen molar-refractivity contribution in [2.45, 2.75) is 126 Å². The van der Waals surface area contributed by atoms with Gasteiger partial charge in [-0.15, -0.1) is 0 Å². The van der Waals surface area contributed by atoms with Crippen LogP contribution >= 0.6 is 0 Å². The summed E-state index contributed by atoms with van der Waals surface area (Å²) in [5.41, 5.74) is 3.05. The first-order chi connectivity index (χ1) is 14.4. The van der Waals surface area contributed by atoms with Gasteiger partial charge in [-0.3, -0.25) is 0 Å². The summed E-state index contributed by atoms with van der Waals surface area (Å²) in [6, 6.07) is 0. The monoisotopic (exact) mass is 428 g/mol. The Morgan fingerprint density at radius 3 is 2.35 bits per heavy atom. The van der Waals surface area contributed by atoms with Gasteiger partial charge in [-0.05, 0) is 103 Å². The second-order valence-corrected chi connectivity index (χ2v) is 14.1. The maximum absolute atomic E-state index is 10.8. The van der Waals surface area contributed by atoms with E-state index in [-0.39, 0.29) is 11.5 Å². The van der Waals surface area contributed by atoms with Gasteiger partial charge in [0, 0.05) is 0 Å². The van der Waals surface area contributed by atoms with Gasteiger partial charge in [0.1, 0.15) is 0 Å². The molecule has 1 heteroatoms. The third kappa shape index (κ3) is 3.41. The molecule has 0 spiro atoms. The Kier molecular flexibility index (Phi) is 6.07. The van der Waals surface area contributed by atoms with Gasteiger partial charge in [-0.1, -0.05) is 79.9 Å². The van der Waals surface area contributed by atoms with E-state index in [1.165, 1.54) is 57.8 Å². The minimum atomic E-state index is -0.131. The second kappa shape index (κ2) is 7.89. The Labute approximate surface area is 193 Å². The van der Waals surface area contributed by atoms with E-state index in [9.17, 15) is 5.11 Å². The summed E-state index contributed by atoms with van der Waals surface area (Å²) in [6.07, 6.45) is 15.8. The fraction of sp³-hybridized carbons (Fsp3) is 0.933. The van der Waals surface area contributed by atoms with Gasteiger partial charge in [-0.25, -0.2) is 0 Å². The highest BCUT2D eigenvalue weighted by Gasteiger charge is 2.64. The van der Waals surface area contributed by atoms with Crippen LogP contribution in [0.4, 0.5) is 0 Å². The molecule has 0 aromatic carbocycles. The van der Waals surface area contributed by atoms with E-state index in [4.69, 9.17) is 0 Å². The van der Waals surface area contributed by atoms with Crippen LogP contribution in [0.2, 0.25) is 0 Å². The van der Waals surface area contributed by atoms with Gasteiger partial charge in [0.05, 0.1) is 6.10 Å². The molecule has 4 aliphatic carbocycles. The van der Waals surface area contributed by atoms with Gasteiger partial charge in [0.2, 0.25) is 0 Å². The largest absolute Gasteiger partial charge is 0.393 e. The fourth-order valence-corrected chi connectivity index (χ4v) is 9.69. The van der Waals surface area contributed by atoms with Crippen molar-refractivity contribution >= 4 is 0 Å². The molecule has 0 aromatic rings. The zero-order chi connectivity index (χ0) is 22.8. The van der Waals surface area contributed by atoms with Crippen LogP contribution in [0.5, 0.6) is 0 Å². The minimum absolute atomic E-state index is 0.0426. The van der Waals surface area contributed by atoms with E-state index in [0.29, 0.717) is 22.2 Å². The van der Waals surface area contributed by atoms with E-state index in [1.54, 1.807) is 0 Å². The van der Waals surface area contributed by atoms with Crippen molar-refractivity contribution in [1.82, 2.24) is 0 Å². The first kappa shape index (κ1) is 23.8. The van der Waals surface area contributed by atoms with Crippen LogP contribution in [-0.4, -0.2) is 11.2 Å². The van der Waals surface area contributed by atoms with Crippen LogP contribution in [0, 0.1) is 51.2 Å². The lowest BCUT2D eigenvalue weighted by Crippen LogP contribution is -2.60. The van der Waals surface area contributed by atoms with E-state index in [2.05, 4.69) is 61.5 Å². The highest BCUT2D eigenvalue weighted by Crippen LogP contribution is 2.72. The molecule has 4 rings (SSSR count). The lowest BCUT2D eigenvalue weighted by Gasteiger charge is -2.68. The molecule has 0 bridgehead atoms. The molecule has 3 fully saturated rings. The molecular weight excluding hydrogens is 376 g/mol. The summed E-state index contributed by atoms with van der Waals surface area (Å²) in [5, 5.41) is 10.8. The Morgan fingerprint density at radius 2 is 1.68 bits per heavy atom. The topological polar surface area (TPSA) is 20.2 Å². The van der Waals surface area contributed by atoms with E-state index >= 15 is 0 Å². The van der Waals surface area contributed by atoms with Crippen LogP contribution < -0.4 is 0 Å². The first-order valence-corrected chi connectivity index (χ1v) is 13.8. The SMILES string of the molecule is CC(C)CCC[C@H]1[C@@H](C)CC[C@@]2(C)[C@@H]3CC[C@H]4C(C)(C)[C@@H](O)CC[C@]4(C)C3=CC[C@]12C. The Hall–Kier alpha value is -0.300. The first-order valence-electron chi connectivity index (χ1n) is 13.8. The van der Waals surface area contributed by atoms with Crippen LogP contribution in [0.15, 0.2) is 11.6 Å². The number of allylic oxidation sites excluding steroid dienone is 2. The van der Waals surface area contributed by atoms with Crippen molar-refractivity contribution in [3.8, 4) is 0 Å². The molecular formula is C30H52O. The molecule has 1 N–H and O–H groups in total. The number of hydrogen-bond donors (Lipinski definition) is 1. The molecule has 0 amide bonds. The third-order valence-corrected chi connectivity index (χ3v) is 12.0. The quantitative estimate of drug-likeness (QED) is 0.445. The van der Waals surface area contributed by atoms with E-state index in [1.807, 2.05) is 5.57 Å². The molecule has 3 saturated carbocycles. The Bertz CT molecular complexity index is 703. The zero-order valence-corrected chi connectivity index (χ0v) is 22.1. The van der Waals surface area contributed by atoms with Gasteiger partial charge < -0.3 is 5.11 Å². The summed E-state index contributed by atoms with van der Waals surface area (Å²) in [6.45, 7) is 20.0. The van der Waals surface area contributed by atoms with E-state index in [0.717, 1.165) is 30.1 Å². The number of aliphatic hydroxyl groups is 1. The maximum Gasteiger partial charge on any atom is 0.0594 e. The predicted octanol–water partition coefficient (Wildman–Crippen LogP) is 8.41. The fourth-order valence-electron chi connectivity index (χ4n) is 9.69. The number of hydrogen-bond acceptors (Lipinski definition) is 1. The van der Waals surface area contributed by atoms with Gasteiger partial charge in [0.15, 0.2) is 0 Å². The zero-order valence-electron chi connectivity index (χ0n) is 22.1. The molecule has 4 aliphatic rings. The van der Waals surface area contributed by atoms with Gasteiger partial charge in [0.25, 0.3) is 0 Å². The molecule has 0 aromatic heterocycles. The maximum atomic E-state index is 10.8. The molecule has 0 saturated heterocycles. The van der Waals surface area contributed by atoms with Crippen molar-refractivity contribution in [1.29, 1.82) is 0 Å². The number of rotatable bonds is 4. The van der Waals surface area contributed by atoms with Crippen LogP contribution in [0.1, 0.15) is 120 Å². The standard InChI is InChI=1S/C30H52O/c1-20(2)10-9-11-22-21(3)14-18-30(8)24-12-13-25-27(4,5)26(31)16-17-28(25,6)23(24)15-19-29(22,30)7/h15,20-22,24-26,31H,9-14,16-19H2,1-8H3/t21-,22-,24+,25-,26-,28+,29+,30-/m0/s1. The molecule has 0 heterocycles. The van der Waals surface area contributed by atoms with Crippen LogP contribution in [-0.2, 0) is 0 Å². The van der Waals surface area contributed by atoms with Gasteiger partial charge >= 0.3 is 0 Å². The molecule has 0 radical (unpaired) electrons. The summed E-state index contributed by atoms with van der Waals surface area (Å²) >= 11 is 0. The molecule has 31 heavy (non-hydrogen) atoms. The van der Waals surface area contributed by atoms with Crippen LogP contribution in [0.25, 0.3) is 0 Å². The summed E-state index contributed by atoms with van der Waals surface area (Å²) in [4.78, 5) is 0. The van der Waals surface area contributed by atoms with Gasteiger partial charge in [-0.2, -0.15) is 0 Å². The minimum Gasteiger partial charge on any atom is -0.393 e. The van der Waals surface area contributed by atoms with Crippen molar-refractivity contribution in [2.24, 2.45) is 51.2 Å². The average Bonchev–Trinajstić information content (AvgIpc) is 2.69. The normalized spacial score (nSPS) is 49.1. The molecule has 0 unspecified atom stereocenters. The molecule has 8 atom stereocenters. The lowest BCUT2D eigenvalue weighted by molar-refractivity contribution is -0.147. The highest BCUT2D eigenvalue weighted by molar-refractivity contribution is 5.32. The second-order valence-electron chi connectivity index (χ2n) is 14.1. The highest BCUT2D eigenvalue weighted by atomic mass is 16.3. The smallest absolute Gasteiger partial charge is 0.0594 e. The van der Waals surface area contributed by atoms with Crippen molar-refractivity contribution in [3.63, 3.8) is 0 Å². The molecule has 1 nitrogen and oxygen atoms in total. The van der Waals surface area contributed by atoms with Crippen molar-refractivity contribution in [2.75, 3.05) is 0 Å². The predicted molar refractivity (Wildman–Crippen MR) is 133 cm³/mol. The summed E-state index contributed by atoms with van der Waals surface area (Å²) < 4.78 is 0. The summed E-state index contributed by atoms with van der Waals surface area (Å²) in [7, 11) is 0. The number of fused-ring (bicyclic) bond motifs is 5. The van der Waals surface area contributed by atoms with Crippen molar-refractivity contribution < 1.29 is 5.11 Å². The Balaban J connectivity index is 1.68. The molecule has 0 aliphatic heterocycles. The van der Waals surface area contributed by atoms with E-state index < -0.39 is 0 Å².